The number of nitrogens with one attached hydrogen (secondary N) is 1. The van der Waals surface area contributed by atoms with E-state index in [-0.39, 0.29) is 34.6 Å². The average molecular weight is 566 g/mol. The van der Waals surface area contributed by atoms with E-state index in [2.05, 4.69) is 15.3 Å². The van der Waals surface area contributed by atoms with Crippen LogP contribution in [0.15, 0.2) is 59.8 Å². The normalized spacial score (nSPS) is 20.0. The molecule has 0 saturated carbocycles. The van der Waals surface area contributed by atoms with E-state index < -0.39 is 57.6 Å². The molecule has 3 atom stereocenters. The van der Waals surface area contributed by atoms with E-state index in [0.29, 0.717) is 0 Å². The lowest BCUT2D eigenvalue weighted by Crippen LogP contribution is -2.48. The number of hydrogen-bond acceptors (Lipinski definition) is 6. The lowest BCUT2D eigenvalue weighted by Gasteiger charge is -2.27. The third-order valence-corrected chi connectivity index (χ3v) is 8.37. The molecule has 3 aromatic rings. The van der Waals surface area contributed by atoms with Gasteiger partial charge in [-0.15, -0.1) is 0 Å². The molecule has 1 N–H and O–H groups in total. The molecule has 3 unspecified atom stereocenters. The molecule has 1 amide bonds. The largest absolute Gasteiger partial charge is 0.451 e. The Labute approximate surface area is 220 Å². The second kappa shape index (κ2) is 10.7. The first-order valence-electron chi connectivity index (χ1n) is 11.5. The summed E-state index contributed by atoms with van der Waals surface area (Å²) in [4.78, 5) is 19.4. The van der Waals surface area contributed by atoms with Crippen LogP contribution in [0.5, 0.6) is 0 Å². The third-order valence-electron chi connectivity index (χ3n) is 6.36. The van der Waals surface area contributed by atoms with Crippen molar-refractivity contribution in [2.24, 2.45) is 5.92 Å². The molecule has 1 aliphatic heterocycles. The lowest BCUT2D eigenvalue weighted by molar-refractivity contribution is -0.145. The molecule has 0 radical (unpaired) electrons. The lowest BCUT2D eigenvalue weighted by atomic mass is 10.0. The Balaban J connectivity index is 1.55. The molecular formula is C25H20F5N5O3S. The number of benzene rings is 2. The predicted molar refractivity (Wildman–Crippen MR) is 127 cm³/mol. The number of carbonyl (C=O) groups is 1. The second-order valence-electron chi connectivity index (χ2n) is 8.83. The molecule has 1 aromatic heterocycles. The van der Waals surface area contributed by atoms with E-state index in [9.17, 15) is 40.4 Å². The molecular weight excluding hydrogens is 545 g/mol. The van der Waals surface area contributed by atoms with Crippen LogP contribution in [-0.2, 0) is 27.5 Å². The third kappa shape index (κ3) is 5.74. The summed E-state index contributed by atoms with van der Waals surface area (Å²) in [6.07, 6.45) is -2.97. The molecule has 39 heavy (non-hydrogen) atoms. The van der Waals surface area contributed by atoms with Gasteiger partial charge in [-0.2, -0.15) is 22.7 Å². The summed E-state index contributed by atoms with van der Waals surface area (Å²) in [6.45, 7) is 1.10. The number of rotatable bonds is 6. The molecule has 8 nitrogen and oxygen atoms in total. The first kappa shape index (κ1) is 28.1. The molecule has 1 fully saturated rings. The second-order valence-corrected chi connectivity index (χ2v) is 10.7. The van der Waals surface area contributed by atoms with E-state index >= 15 is 0 Å². The zero-order valence-electron chi connectivity index (χ0n) is 20.2. The van der Waals surface area contributed by atoms with Crippen LogP contribution in [0.2, 0.25) is 0 Å². The van der Waals surface area contributed by atoms with Crippen LogP contribution in [0.1, 0.15) is 24.7 Å². The highest BCUT2D eigenvalue weighted by Crippen LogP contribution is 2.35. The number of aromatic nitrogens is 2. The minimum Gasteiger partial charge on any atom is -0.351 e. The van der Waals surface area contributed by atoms with Crippen molar-refractivity contribution >= 4 is 15.9 Å². The van der Waals surface area contributed by atoms with Crippen molar-refractivity contribution < 1.29 is 35.2 Å². The maximum Gasteiger partial charge on any atom is 0.451 e. The Bertz CT molecular complexity index is 1520. The van der Waals surface area contributed by atoms with Gasteiger partial charge >= 0.3 is 6.18 Å². The van der Waals surface area contributed by atoms with Crippen LogP contribution >= 0.6 is 0 Å². The highest BCUT2D eigenvalue weighted by molar-refractivity contribution is 7.89. The molecule has 2 heterocycles. The number of nitriles is 1. The Morgan fingerprint density at radius 2 is 1.74 bits per heavy atom. The predicted octanol–water partition coefficient (Wildman–Crippen LogP) is 4.05. The number of nitrogens with zero attached hydrogens (tertiary/aromatic N) is 4. The maximum absolute atomic E-state index is 14.5. The maximum atomic E-state index is 14.5. The quantitative estimate of drug-likeness (QED) is 0.451. The monoisotopic (exact) mass is 565 g/mol. The highest BCUT2D eigenvalue weighted by atomic mass is 32.2. The van der Waals surface area contributed by atoms with Crippen LogP contribution in [0.4, 0.5) is 22.0 Å². The van der Waals surface area contributed by atoms with Crippen molar-refractivity contribution in [3.8, 4) is 17.2 Å². The Kier molecular flexibility index (Phi) is 7.67. The van der Waals surface area contributed by atoms with Gasteiger partial charge in [0.25, 0.3) is 0 Å². The van der Waals surface area contributed by atoms with Crippen LogP contribution in [0, 0.1) is 28.9 Å². The van der Waals surface area contributed by atoms with E-state index in [1.165, 1.54) is 19.1 Å². The highest BCUT2D eigenvalue weighted by Gasteiger charge is 2.49. The topological polar surface area (TPSA) is 116 Å². The summed E-state index contributed by atoms with van der Waals surface area (Å²) < 4.78 is 93.6. The minimum absolute atomic E-state index is 0.0310. The molecule has 14 heteroatoms. The number of sulfonamides is 1. The number of amides is 1. The SMILES string of the molecule is CC1C(C#N)CC(C(=O)NCc2cc(-c3cnc(C(F)(F)F)nc3)ccc2F)N1S(=O)(=O)c1ccc(F)cc1. The van der Waals surface area contributed by atoms with Crippen LogP contribution in [-0.4, -0.2) is 40.7 Å². The average Bonchev–Trinajstić information content (AvgIpc) is 3.25. The Hall–Kier alpha value is -3.96. The van der Waals surface area contributed by atoms with Gasteiger partial charge in [0.1, 0.15) is 17.7 Å². The number of halogens is 5. The van der Waals surface area contributed by atoms with Gasteiger partial charge in [0.05, 0.1) is 16.9 Å². The summed E-state index contributed by atoms with van der Waals surface area (Å²) in [5.74, 6) is -4.30. The molecule has 2 aromatic carbocycles. The van der Waals surface area contributed by atoms with Gasteiger partial charge in [0.15, 0.2) is 0 Å². The van der Waals surface area contributed by atoms with Crippen molar-refractivity contribution in [1.82, 2.24) is 19.6 Å². The number of carbonyl (C=O) groups excluding carboxylic acids is 1. The van der Waals surface area contributed by atoms with Gasteiger partial charge in [0.2, 0.25) is 21.8 Å². The smallest absolute Gasteiger partial charge is 0.351 e. The first-order valence-corrected chi connectivity index (χ1v) is 12.9. The minimum atomic E-state index is -4.73. The van der Waals surface area contributed by atoms with Crippen molar-refractivity contribution in [3.05, 3.63) is 77.9 Å². The van der Waals surface area contributed by atoms with Gasteiger partial charge < -0.3 is 5.32 Å². The Morgan fingerprint density at radius 1 is 1.10 bits per heavy atom. The zero-order valence-corrected chi connectivity index (χ0v) is 21.0. The molecule has 0 spiro atoms. The van der Waals surface area contributed by atoms with E-state index in [0.717, 1.165) is 47.0 Å². The molecule has 1 aliphatic rings. The summed E-state index contributed by atoms with van der Waals surface area (Å²) in [5, 5.41) is 12.0. The molecule has 1 saturated heterocycles. The summed E-state index contributed by atoms with van der Waals surface area (Å²) in [5.41, 5.74) is 0.430. The van der Waals surface area contributed by atoms with Crippen molar-refractivity contribution in [1.29, 1.82) is 5.26 Å². The van der Waals surface area contributed by atoms with E-state index in [1.54, 1.807) is 0 Å². The summed E-state index contributed by atoms with van der Waals surface area (Å²) in [7, 11) is -4.30. The standard InChI is InChI=1S/C25H20F5N5O3S/c1-14-16(10-31)9-22(35(14)39(37,38)20-5-3-19(26)4-6-20)23(36)32-11-17-8-15(2-7-21(17)27)18-12-33-24(34-13-18)25(28,29)30/h2-8,12-14,16,22H,9,11H2,1H3,(H,32,36). The summed E-state index contributed by atoms with van der Waals surface area (Å²) >= 11 is 0. The van der Waals surface area contributed by atoms with E-state index in [4.69, 9.17) is 0 Å². The number of hydrogen-bond donors (Lipinski definition) is 1. The van der Waals surface area contributed by atoms with Gasteiger partial charge in [-0.3, -0.25) is 4.79 Å². The zero-order chi connectivity index (χ0) is 28.5. The molecule has 0 bridgehead atoms. The van der Waals surface area contributed by atoms with Crippen LogP contribution in [0.3, 0.4) is 0 Å². The van der Waals surface area contributed by atoms with Crippen molar-refractivity contribution in [2.45, 2.75) is 43.0 Å². The van der Waals surface area contributed by atoms with Crippen molar-refractivity contribution in [3.63, 3.8) is 0 Å². The molecule has 204 valence electrons. The van der Waals surface area contributed by atoms with Crippen molar-refractivity contribution in [2.75, 3.05) is 0 Å². The van der Waals surface area contributed by atoms with Crippen LogP contribution < -0.4 is 5.32 Å². The van der Waals surface area contributed by atoms with E-state index in [1.807, 2.05) is 6.07 Å². The van der Waals surface area contributed by atoms with Gasteiger partial charge in [-0.1, -0.05) is 6.07 Å². The first-order chi connectivity index (χ1) is 18.3. The van der Waals surface area contributed by atoms with Gasteiger partial charge in [0, 0.05) is 36.1 Å². The molecule has 0 aliphatic carbocycles. The fourth-order valence-electron chi connectivity index (χ4n) is 4.31. The van der Waals surface area contributed by atoms with Gasteiger partial charge in [-0.25, -0.2) is 27.2 Å². The number of alkyl halides is 3. The van der Waals surface area contributed by atoms with Gasteiger partial charge in [-0.05, 0) is 55.3 Å². The fourth-order valence-corrected chi connectivity index (χ4v) is 6.14. The summed E-state index contributed by atoms with van der Waals surface area (Å²) in [6, 6.07) is 7.51. The Morgan fingerprint density at radius 3 is 2.33 bits per heavy atom. The molecule has 4 rings (SSSR count). The fraction of sp³-hybridized carbons (Fsp3) is 0.280. The van der Waals surface area contributed by atoms with Crippen LogP contribution in [0.25, 0.3) is 11.1 Å².